The summed E-state index contributed by atoms with van der Waals surface area (Å²) in [6.45, 7) is 4.15. The second-order valence-electron chi connectivity index (χ2n) is 9.58. The summed E-state index contributed by atoms with van der Waals surface area (Å²) >= 11 is 0. The summed E-state index contributed by atoms with van der Waals surface area (Å²) in [5.41, 5.74) is 3.22. The summed E-state index contributed by atoms with van der Waals surface area (Å²) in [6, 6.07) is 12.0. The van der Waals surface area contributed by atoms with Crippen LogP contribution in [0, 0.1) is 12.8 Å². The van der Waals surface area contributed by atoms with E-state index in [0.29, 0.717) is 28.5 Å². The van der Waals surface area contributed by atoms with Gasteiger partial charge in [0.2, 0.25) is 5.82 Å². The maximum atomic E-state index is 13.1. The van der Waals surface area contributed by atoms with Crippen LogP contribution in [-0.2, 0) is 12.7 Å². The van der Waals surface area contributed by atoms with Crippen molar-refractivity contribution in [1.82, 2.24) is 19.5 Å². The first-order valence-electron chi connectivity index (χ1n) is 12.1. The number of alkyl halides is 3. The predicted octanol–water partition coefficient (Wildman–Crippen LogP) is 6.17. The van der Waals surface area contributed by atoms with Crippen LogP contribution in [0.2, 0.25) is 0 Å². The number of hydrogen-bond donors (Lipinski definition) is 2. The number of carbonyl (C=O) groups is 1. The molecule has 1 atom stereocenters. The largest absolute Gasteiger partial charge is 0.475 e. The summed E-state index contributed by atoms with van der Waals surface area (Å²) in [4.78, 5) is 24.5. The highest BCUT2D eigenvalue weighted by Gasteiger charge is 2.31. The van der Waals surface area contributed by atoms with Gasteiger partial charge in [0.15, 0.2) is 5.82 Å². The summed E-state index contributed by atoms with van der Waals surface area (Å²) in [5.74, 6) is -0.728. The number of carboxylic acids is 1. The van der Waals surface area contributed by atoms with Gasteiger partial charge in [-0.15, -0.1) is 0 Å². The summed E-state index contributed by atoms with van der Waals surface area (Å²) in [7, 11) is 0. The van der Waals surface area contributed by atoms with Crippen LogP contribution in [0.4, 0.5) is 19.0 Å². The molecule has 0 spiro atoms. The van der Waals surface area contributed by atoms with E-state index in [9.17, 15) is 23.1 Å². The number of benzene rings is 1. The molecule has 0 unspecified atom stereocenters. The third-order valence-corrected chi connectivity index (χ3v) is 6.94. The lowest BCUT2D eigenvalue weighted by atomic mass is 9.80. The molecule has 1 aromatic carbocycles. The Morgan fingerprint density at radius 2 is 1.97 bits per heavy atom. The number of hydrogen-bond acceptors (Lipinski definition) is 5. The molecule has 0 aliphatic heterocycles. The van der Waals surface area contributed by atoms with Gasteiger partial charge in [-0.1, -0.05) is 30.2 Å². The van der Waals surface area contributed by atoms with Crippen molar-refractivity contribution in [2.75, 3.05) is 5.32 Å². The SMILES string of the molecule is Cc1cccc(-c2cc3nc(C(=O)O)nc(N[C@H](C)C4CCC4)c3n2Cc2ccc(C(F)(F)F)cn2)c1. The van der Waals surface area contributed by atoms with Gasteiger partial charge in [0.1, 0.15) is 5.52 Å². The van der Waals surface area contributed by atoms with Gasteiger partial charge in [-0.05, 0) is 62.4 Å². The number of carboxylic acid groups (broad SMARTS) is 1. The molecule has 1 aliphatic carbocycles. The van der Waals surface area contributed by atoms with E-state index in [1.165, 1.54) is 6.07 Å². The van der Waals surface area contributed by atoms with Crippen molar-refractivity contribution in [3.63, 3.8) is 0 Å². The van der Waals surface area contributed by atoms with E-state index in [0.717, 1.165) is 48.3 Å². The molecule has 1 fully saturated rings. The average Bonchev–Trinajstić information content (AvgIpc) is 3.16. The van der Waals surface area contributed by atoms with Crippen LogP contribution in [-0.4, -0.2) is 36.6 Å². The van der Waals surface area contributed by atoms with E-state index < -0.39 is 17.7 Å². The van der Waals surface area contributed by atoms with Crippen molar-refractivity contribution in [3.8, 4) is 11.3 Å². The van der Waals surface area contributed by atoms with E-state index in [1.807, 2.05) is 42.7 Å². The molecule has 2 N–H and O–H groups in total. The lowest BCUT2D eigenvalue weighted by molar-refractivity contribution is -0.137. The number of fused-ring (bicyclic) bond motifs is 1. The van der Waals surface area contributed by atoms with E-state index in [1.54, 1.807) is 6.07 Å². The molecule has 0 radical (unpaired) electrons. The summed E-state index contributed by atoms with van der Waals surface area (Å²) < 4.78 is 41.2. The Bertz CT molecular complexity index is 1460. The molecule has 7 nitrogen and oxygen atoms in total. The number of aryl methyl sites for hydroxylation is 1. The highest BCUT2D eigenvalue weighted by atomic mass is 19.4. The van der Waals surface area contributed by atoms with Crippen molar-refractivity contribution in [2.24, 2.45) is 5.92 Å². The van der Waals surface area contributed by atoms with E-state index in [-0.39, 0.29) is 18.4 Å². The second kappa shape index (κ2) is 9.49. The monoisotopic (exact) mass is 509 g/mol. The molecule has 1 saturated carbocycles. The van der Waals surface area contributed by atoms with Crippen LogP contribution >= 0.6 is 0 Å². The lowest BCUT2D eigenvalue weighted by Crippen LogP contribution is -2.31. The van der Waals surface area contributed by atoms with Gasteiger partial charge in [-0.2, -0.15) is 13.2 Å². The van der Waals surface area contributed by atoms with Crippen molar-refractivity contribution in [1.29, 1.82) is 0 Å². The molecular formula is C27H26F3N5O2. The molecule has 0 bridgehead atoms. The number of nitrogens with zero attached hydrogens (tertiary/aromatic N) is 4. The number of rotatable bonds is 7. The van der Waals surface area contributed by atoms with Gasteiger partial charge in [-0.25, -0.2) is 14.8 Å². The molecule has 1 aliphatic rings. The molecule has 3 aromatic heterocycles. The first kappa shape index (κ1) is 24.7. The Labute approximate surface area is 211 Å². The fourth-order valence-corrected chi connectivity index (χ4v) is 4.69. The number of halogens is 3. The Hall–Kier alpha value is -3.95. The molecule has 5 rings (SSSR count). The van der Waals surface area contributed by atoms with Gasteiger partial charge in [0.25, 0.3) is 0 Å². The Morgan fingerprint density at radius 1 is 1.19 bits per heavy atom. The number of pyridine rings is 1. The minimum absolute atomic E-state index is 0.0588. The molecule has 0 saturated heterocycles. The van der Waals surface area contributed by atoms with E-state index in [4.69, 9.17) is 0 Å². The Morgan fingerprint density at radius 3 is 2.57 bits per heavy atom. The van der Waals surface area contributed by atoms with Crippen molar-refractivity contribution in [2.45, 2.75) is 51.9 Å². The van der Waals surface area contributed by atoms with Gasteiger partial charge in [-0.3, -0.25) is 4.98 Å². The standard InChI is InChI=1S/C27H26F3N5O2/c1-15-5-3-8-18(11-15)22-12-21-23(35(22)14-20-10-9-19(13-31-20)27(28,29)30)24(34-25(33-21)26(36)37)32-16(2)17-6-4-7-17/h3,5,8-13,16-17H,4,6-7,14H2,1-2H3,(H,36,37)(H,32,33,34)/t16-/m1/s1. The quantitative estimate of drug-likeness (QED) is 0.310. The zero-order chi connectivity index (χ0) is 26.3. The fourth-order valence-electron chi connectivity index (χ4n) is 4.69. The topological polar surface area (TPSA) is 92.9 Å². The third kappa shape index (κ3) is 5.00. The van der Waals surface area contributed by atoms with E-state index >= 15 is 0 Å². The van der Waals surface area contributed by atoms with Gasteiger partial charge >= 0.3 is 12.1 Å². The Kier molecular flexibility index (Phi) is 6.35. The molecule has 37 heavy (non-hydrogen) atoms. The zero-order valence-corrected chi connectivity index (χ0v) is 20.4. The minimum atomic E-state index is -4.48. The minimum Gasteiger partial charge on any atom is -0.475 e. The van der Waals surface area contributed by atoms with Crippen LogP contribution in [0.15, 0.2) is 48.7 Å². The maximum Gasteiger partial charge on any atom is 0.417 e. The fraction of sp³-hybridized carbons (Fsp3) is 0.333. The molecule has 192 valence electrons. The van der Waals surface area contributed by atoms with Crippen molar-refractivity contribution < 1.29 is 23.1 Å². The van der Waals surface area contributed by atoms with Crippen LogP contribution in [0.3, 0.4) is 0 Å². The molecule has 10 heteroatoms. The molecule has 4 aromatic rings. The van der Waals surface area contributed by atoms with E-state index in [2.05, 4.69) is 20.3 Å². The number of nitrogens with one attached hydrogen (secondary N) is 1. The first-order chi connectivity index (χ1) is 17.6. The normalized spacial score (nSPS) is 14.9. The lowest BCUT2D eigenvalue weighted by Gasteiger charge is -2.32. The molecule has 3 heterocycles. The van der Waals surface area contributed by atoms with Crippen LogP contribution in [0.25, 0.3) is 22.3 Å². The van der Waals surface area contributed by atoms with Crippen molar-refractivity contribution >= 4 is 22.8 Å². The number of anilines is 1. The van der Waals surface area contributed by atoms with Gasteiger partial charge in [0.05, 0.1) is 29.0 Å². The Balaban J connectivity index is 1.68. The number of aromatic nitrogens is 4. The highest BCUT2D eigenvalue weighted by molar-refractivity contribution is 5.95. The number of aromatic carboxylic acids is 1. The van der Waals surface area contributed by atoms with Gasteiger partial charge in [0, 0.05) is 12.2 Å². The summed E-state index contributed by atoms with van der Waals surface area (Å²) in [5, 5.41) is 13.1. The van der Waals surface area contributed by atoms with Crippen LogP contribution < -0.4 is 5.32 Å². The maximum absolute atomic E-state index is 13.1. The highest BCUT2D eigenvalue weighted by Crippen LogP contribution is 2.35. The predicted molar refractivity (Wildman–Crippen MR) is 133 cm³/mol. The zero-order valence-electron chi connectivity index (χ0n) is 20.4. The molecule has 0 amide bonds. The molecular weight excluding hydrogens is 483 g/mol. The average molecular weight is 510 g/mol. The second-order valence-corrected chi connectivity index (χ2v) is 9.58. The van der Waals surface area contributed by atoms with Crippen molar-refractivity contribution in [3.05, 3.63) is 71.3 Å². The van der Waals surface area contributed by atoms with Crippen LogP contribution in [0.1, 0.15) is 53.6 Å². The first-order valence-corrected chi connectivity index (χ1v) is 12.1. The summed E-state index contributed by atoms with van der Waals surface area (Å²) in [6.07, 6.45) is -0.333. The third-order valence-electron chi connectivity index (χ3n) is 6.94. The van der Waals surface area contributed by atoms with Gasteiger partial charge < -0.3 is 15.0 Å². The smallest absolute Gasteiger partial charge is 0.417 e. The van der Waals surface area contributed by atoms with Crippen LogP contribution in [0.5, 0.6) is 0 Å².